The van der Waals surface area contributed by atoms with Gasteiger partial charge >= 0.3 is 0 Å². The Balaban J connectivity index is 1.85. The zero-order valence-corrected chi connectivity index (χ0v) is 12.8. The van der Waals surface area contributed by atoms with Gasteiger partial charge in [0.15, 0.2) is 11.6 Å². The molecule has 1 N–H and O–H groups in total. The van der Waals surface area contributed by atoms with Crippen LogP contribution in [0, 0.1) is 11.6 Å². The number of anilines is 1. The highest BCUT2D eigenvalue weighted by atomic mass is 35.5. The first-order chi connectivity index (χ1) is 11.4. The Hall–Kier alpha value is -2.80. The molecule has 0 aliphatic heterocycles. The van der Waals surface area contributed by atoms with Gasteiger partial charge in [-0.05, 0) is 30.3 Å². The van der Waals surface area contributed by atoms with Crippen molar-refractivity contribution in [2.24, 2.45) is 0 Å². The van der Waals surface area contributed by atoms with E-state index >= 15 is 0 Å². The molecule has 1 amide bonds. The van der Waals surface area contributed by atoms with Crippen molar-refractivity contribution in [2.75, 3.05) is 5.32 Å². The third-order valence-electron chi connectivity index (χ3n) is 3.31. The van der Waals surface area contributed by atoms with Gasteiger partial charge in [0, 0.05) is 16.8 Å². The van der Waals surface area contributed by atoms with Gasteiger partial charge in [0.2, 0.25) is 5.91 Å². The lowest BCUT2D eigenvalue weighted by atomic mass is 10.2. The molecule has 8 heteroatoms. The van der Waals surface area contributed by atoms with Gasteiger partial charge in [0.05, 0.1) is 17.2 Å². The van der Waals surface area contributed by atoms with Gasteiger partial charge in [-0.1, -0.05) is 11.6 Å². The van der Waals surface area contributed by atoms with Crippen LogP contribution in [-0.4, -0.2) is 15.5 Å². The largest absolute Gasteiger partial charge is 0.325 e. The molecular weight excluding hydrogens is 340 g/mol. The van der Waals surface area contributed by atoms with Crippen LogP contribution < -0.4 is 10.9 Å². The number of hydrogen-bond donors (Lipinski definition) is 1. The smallest absolute Gasteiger partial charge is 0.261 e. The minimum Gasteiger partial charge on any atom is -0.325 e. The topological polar surface area (TPSA) is 64.0 Å². The summed E-state index contributed by atoms with van der Waals surface area (Å²) in [7, 11) is 0. The Morgan fingerprint density at radius 2 is 1.83 bits per heavy atom. The summed E-state index contributed by atoms with van der Waals surface area (Å²) in [6.07, 6.45) is 1.11. The first-order valence-corrected chi connectivity index (χ1v) is 7.21. The van der Waals surface area contributed by atoms with Crippen molar-refractivity contribution in [2.45, 2.75) is 6.54 Å². The molecule has 5 nitrogen and oxygen atoms in total. The molecule has 3 aromatic rings. The lowest BCUT2D eigenvalue weighted by Crippen LogP contribution is -2.28. The van der Waals surface area contributed by atoms with Crippen LogP contribution >= 0.6 is 11.6 Å². The maximum Gasteiger partial charge on any atom is 0.261 e. The quantitative estimate of drug-likeness (QED) is 0.790. The standard InChI is InChI=1S/C16H10ClF2N3O2/c17-9-1-3-10(4-2-9)21-15(23)7-22-8-20-14-6-13(19)12(18)5-11(14)16(22)24/h1-6,8H,7H2,(H,21,23). The predicted molar refractivity (Wildman–Crippen MR) is 86.0 cm³/mol. The van der Waals surface area contributed by atoms with Crippen molar-refractivity contribution in [1.82, 2.24) is 9.55 Å². The monoisotopic (exact) mass is 349 g/mol. The molecule has 0 atom stereocenters. The molecule has 1 aromatic heterocycles. The number of hydrogen-bond acceptors (Lipinski definition) is 3. The number of carbonyl (C=O) groups is 1. The lowest BCUT2D eigenvalue weighted by Gasteiger charge is -2.08. The molecule has 0 saturated carbocycles. The molecule has 0 spiro atoms. The zero-order chi connectivity index (χ0) is 17.3. The molecule has 0 radical (unpaired) electrons. The normalized spacial score (nSPS) is 10.8. The number of nitrogens with one attached hydrogen (secondary N) is 1. The van der Waals surface area contributed by atoms with E-state index in [1.54, 1.807) is 24.3 Å². The Labute approximate surface area is 139 Å². The van der Waals surface area contributed by atoms with E-state index in [1.165, 1.54) is 0 Å². The van der Waals surface area contributed by atoms with Crippen molar-refractivity contribution < 1.29 is 13.6 Å². The van der Waals surface area contributed by atoms with E-state index in [9.17, 15) is 18.4 Å². The summed E-state index contributed by atoms with van der Waals surface area (Å²) < 4.78 is 27.5. The molecule has 0 unspecified atom stereocenters. The first-order valence-electron chi connectivity index (χ1n) is 6.83. The lowest BCUT2D eigenvalue weighted by molar-refractivity contribution is -0.116. The molecule has 0 saturated heterocycles. The molecule has 2 aromatic carbocycles. The number of aromatic nitrogens is 2. The van der Waals surface area contributed by atoms with Crippen LogP contribution in [-0.2, 0) is 11.3 Å². The van der Waals surface area contributed by atoms with Crippen LogP contribution in [0.15, 0.2) is 47.5 Å². The number of halogens is 3. The fourth-order valence-electron chi connectivity index (χ4n) is 2.15. The van der Waals surface area contributed by atoms with Crippen molar-refractivity contribution in [3.8, 4) is 0 Å². The summed E-state index contributed by atoms with van der Waals surface area (Å²) >= 11 is 5.75. The third-order valence-corrected chi connectivity index (χ3v) is 3.56. The average Bonchev–Trinajstić information content (AvgIpc) is 2.54. The van der Waals surface area contributed by atoms with Crippen LogP contribution in [0.1, 0.15) is 0 Å². The van der Waals surface area contributed by atoms with Crippen LogP contribution in [0.25, 0.3) is 10.9 Å². The minimum atomic E-state index is -1.15. The Morgan fingerprint density at radius 3 is 2.54 bits per heavy atom. The summed E-state index contributed by atoms with van der Waals surface area (Å²) in [5.74, 6) is -2.71. The van der Waals surface area contributed by atoms with E-state index in [4.69, 9.17) is 11.6 Å². The second kappa shape index (κ2) is 6.37. The van der Waals surface area contributed by atoms with E-state index in [0.717, 1.165) is 23.0 Å². The van der Waals surface area contributed by atoms with Gasteiger partial charge in [0.25, 0.3) is 5.56 Å². The van der Waals surface area contributed by atoms with Crippen LogP contribution in [0.4, 0.5) is 14.5 Å². The number of amides is 1. The highest BCUT2D eigenvalue weighted by Crippen LogP contribution is 2.14. The van der Waals surface area contributed by atoms with Gasteiger partial charge in [-0.25, -0.2) is 13.8 Å². The maximum atomic E-state index is 13.3. The Kier molecular flexibility index (Phi) is 4.26. The van der Waals surface area contributed by atoms with Crippen molar-refractivity contribution in [3.05, 3.63) is 69.7 Å². The van der Waals surface area contributed by atoms with E-state index in [0.29, 0.717) is 10.7 Å². The number of fused-ring (bicyclic) bond motifs is 1. The molecule has 24 heavy (non-hydrogen) atoms. The second-order valence-electron chi connectivity index (χ2n) is 5.02. The molecule has 0 aliphatic carbocycles. The van der Waals surface area contributed by atoms with E-state index in [-0.39, 0.29) is 17.4 Å². The summed E-state index contributed by atoms with van der Waals surface area (Å²) in [6.45, 7) is -0.316. The summed E-state index contributed by atoms with van der Waals surface area (Å²) in [5.41, 5.74) is -0.0993. The fraction of sp³-hybridized carbons (Fsp3) is 0.0625. The Bertz CT molecular complexity index is 987. The molecule has 0 bridgehead atoms. The average molecular weight is 350 g/mol. The molecule has 122 valence electrons. The van der Waals surface area contributed by atoms with Gasteiger partial charge in [0.1, 0.15) is 6.54 Å². The summed E-state index contributed by atoms with van der Waals surface area (Å²) in [4.78, 5) is 28.1. The highest BCUT2D eigenvalue weighted by molar-refractivity contribution is 6.30. The maximum absolute atomic E-state index is 13.3. The van der Waals surface area contributed by atoms with Crippen LogP contribution in [0.2, 0.25) is 5.02 Å². The molecular formula is C16H10ClF2N3O2. The molecule has 3 rings (SSSR count). The molecule has 0 fully saturated rings. The first kappa shape index (κ1) is 16.1. The molecule has 1 heterocycles. The SMILES string of the molecule is O=C(Cn1cnc2cc(F)c(F)cc2c1=O)Nc1ccc(Cl)cc1. The number of nitrogens with zero attached hydrogens (tertiary/aromatic N) is 2. The van der Waals surface area contributed by atoms with Gasteiger partial charge in [-0.15, -0.1) is 0 Å². The zero-order valence-electron chi connectivity index (χ0n) is 12.1. The van der Waals surface area contributed by atoms with Crippen molar-refractivity contribution in [1.29, 1.82) is 0 Å². The van der Waals surface area contributed by atoms with Crippen molar-refractivity contribution in [3.63, 3.8) is 0 Å². The van der Waals surface area contributed by atoms with Crippen LogP contribution in [0.5, 0.6) is 0 Å². The second-order valence-corrected chi connectivity index (χ2v) is 5.45. The van der Waals surface area contributed by atoms with Crippen molar-refractivity contribution >= 4 is 34.1 Å². The van der Waals surface area contributed by atoms with E-state index < -0.39 is 23.1 Å². The van der Waals surface area contributed by atoms with Gasteiger partial charge in [-0.2, -0.15) is 0 Å². The number of benzene rings is 2. The predicted octanol–water partition coefficient (Wildman–Crippen LogP) is 2.97. The van der Waals surface area contributed by atoms with Gasteiger partial charge < -0.3 is 5.32 Å². The number of rotatable bonds is 3. The minimum absolute atomic E-state index is 0.0215. The Morgan fingerprint density at radius 1 is 1.17 bits per heavy atom. The molecule has 0 aliphatic rings. The summed E-state index contributed by atoms with van der Waals surface area (Å²) in [5, 5.41) is 3.02. The fourth-order valence-corrected chi connectivity index (χ4v) is 2.28. The van der Waals surface area contributed by atoms with Crippen LogP contribution in [0.3, 0.4) is 0 Å². The van der Waals surface area contributed by atoms with E-state index in [1.807, 2.05) is 0 Å². The number of carbonyl (C=O) groups excluding carboxylic acids is 1. The van der Waals surface area contributed by atoms with E-state index in [2.05, 4.69) is 10.3 Å². The summed E-state index contributed by atoms with van der Waals surface area (Å²) in [6, 6.07) is 8.05. The van der Waals surface area contributed by atoms with Gasteiger partial charge in [-0.3, -0.25) is 14.2 Å². The highest BCUT2D eigenvalue weighted by Gasteiger charge is 2.12. The third kappa shape index (κ3) is 3.26.